The Hall–Kier alpha value is -0.610. The summed E-state index contributed by atoms with van der Waals surface area (Å²) < 4.78 is 0. The van der Waals surface area contributed by atoms with Gasteiger partial charge in [0.05, 0.1) is 6.54 Å². The molecule has 3 atom stereocenters. The van der Waals surface area contributed by atoms with Crippen LogP contribution in [0.3, 0.4) is 0 Å². The standard InChI is InChI=1S/C15H29N3O/c1-11-3-4-14(12(2)9-11)17-15(19)10-18-7-5-13(16)6-8-18/h11-14H,3-10,16H2,1-2H3,(H,17,19). The zero-order valence-corrected chi connectivity index (χ0v) is 12.4. The van der Waals surface area contributed by atoms with E-state index < -0.39 is 0 Å². The first kappa shape index (κ1) is 14.8. The van der Waals surface area contributed by atoms with Gasteiger partial charge >= 0.3 is 0 Å². The van der Waals surface area contributed by atoms with E-state index in [2.05, 4.69) is 24.1 Å². The summed E-state index contributed by atoms with van der Waals surface area (Å²) in [5.41, 5.74) is 5.88. The number of hydrogen-bond donors (Lipinski definition) is 2. The number of nitrogens with two attached hydrogens (primary N) is 1. The molecule has 0 bridgehead atoms. The van der Waals surface area contributed by atoms with Crippen LogP contribution in [0.4, 0.5) is 0 Å². The van der Waals surface area contributed by atoms with E-state index in [9.17, 15) is 4.79 Å². The van der Waals surface area contributed by atoms with Gasteiger partial charge in [0, 0.05) is 25.2 Å². The molecular weight excluding hydrogens is 238 g/mol. The number of amides is 1. The first-order valence-corrected chi connectivity index (χ1v) is 7.82. The molecule has 0 radical (unpaired) electrons. The minimum atomic E-state index is 0.196. The molecule has 3 N–H and O–H groups in total. The highest BCUT2D eigenvalue weighted by Crippen LogP contribution is 2.28. The van der Waals surface area contributed by atoms with Crippen LogP contribution in [0.25, 0.3) is 0 Å². The van der Waals surface area contributed by atoms with Crippen molar-refractivity contribution in [1.29, 1.82) is 0 Å². The zero-order chi connectivity index (χ0) is 13.8. The largest absolute Gasteiger partial charge is 0.352 e. The van der Waals surface area contributed by atoms with E-state index in [1.165, 1.54) is 12.8 Å². The number of nitrogens with one attached hydrogen (secondary N) is 1. The zero-order valence-electron chi connectivity index (χ0n) is 12.4. The monoisotopic (exact) mass is 267 g/mol. The van der Waals surface area contributed by atoms with Gasteiger partial charge in [-0.05, 0) is 43.9 Å². The van der Waals surface area contributed by atoms with Gasteiger partial charge < -0.3 is 11.1 Å². The molecule has 4 nitrogen and oxygen atoms in total. The van der Waals surface area contributed by atoms with E-state index in [-0.39, 0.29) is 5.91 Å². The lowest BCUT2D eigenvalue weighted by atomic mass is 9.80. The Bertz CT molecular complexity index is 300. The van der Waals surface area contributed by atoms with Crippen molar-refractivity contribution in [3.05, 3.63) is 0 Å². The molecule has 2 aliphatic rings. The number of nitrogens with zero attached hydrogens (tertiary/aromatic N) is 1. The van der Waals surface area contributed by atoms with Gasteiger partial charge in [-0.3, -0.25) is 9.69 Å². The molecule has 2 fully saturated rings. The first-order chi connectivity index (χ1) is 9.04. The second-order valence-corrected chi connectivity index (χ2v) is 6.68. The van der Waals surface area contributed by atoms with E-state index in [4.69, 9.17) is 5.73 Å². The minimum absolute atomic E-state index is 0.196. The lowest BCUT2D eigenvalue weighted by molar-refractivity contribution is -0.123. The van der Waals surface area contributed by atoms with E-state index in [0.717, 1.165) is 38.3 Å². The molecule has 1 saturated heterocycles. The quantitative estimate of drug-likeness (QED) is 0.811. The number of rotatable bonds is 3. The van der Waals surface area contributed by atoms with Gasteiger partial charge in [0.2, 0.25) is 5.91 Å². The van der Waals surface area contributed by atoms with Crippen LogP contribution in [-0.4, -0.2) is 42.5 Å². The van der Waals surface area contributed by atoms with Crippen molar-refractivity contribution >= 4 is 5.91 Å². The molecule has 3 unspecified atom stereocenters. The summed E-state index contributed by atoms with van der Waals surface area (Å²) in [5.74, 6) is 1.62. The normalized spacial score (nSPS) is 34.2. The van der Waals surface area contributed by atoms with Gasteiger partial charge in [-0.25, -0.2) is 0 Å². The third-order valence-electron chi connectivity index (χ3n) is 4.78. The summed E-state index contributed by atoms with van der Waals surface area (Å²) in [6.07, 6.45) is 5.66. The summed E-state index contributed by atoms with van der Waals surface area (Å²) >= 11 is 0. The Morgan fingerprint density at radius 2 is 1.89 bits per heavy atom. The molecule has 1 aliphatic heterocycles. The fourth-order valence-electron chi connectivity index (χ4n) is 3.45. The van der Waals surface area contributed by atoms with Crippen molar-refractivity contribution in [3.8, 4) is 0 Å². The van der Waals surface area contributed by atoms with E-state index >= 15 is 0 Å². The van der Waals surface area contributed by atoms with Gasteiger partial charge in [-0.2, -0.15) is 0 Å². The van der Waals surface area contributed by atoms with Gasteiger partial charge in [0.25, 0.3) is 0 Å². The second kappa shape index (κ2) is 6.71. The lowest BCUT2D eigenvalue weighted by Crippen LogP contribution is -2.48. The van der Waals surface area contributed by atoms with Crippen LogP contribution in [0.5, 0.6) is 0 Å². The molecule has 0 spiro atoms. The molecule has 1 aliphatic carbocycles. The smallest absolute Gasteiger partial charge is 0.234 e. The molecule has 1 amide bonds. The maximum atomic E-state index is 12.1. The Labute approximate surface area is 117 Å². The van der Waals surface area contributed by atoms with Crippen molar-refractivity contribution in [2.45, 2.75) is 58.0 Å². The fourth-order valence-corrected chi connectivity index (χ4v) is 3.45. The van der Waals surface area contributed by atoms with Crippen LogP contribution in [0.2, 0.25) is 0 Å². The van der Waals surface area contributed by atoms with Crippen LogP contribution < -0.4 is 11.1 Å². The number of likely N-dealkylation sites (tertiary alicyclic amines) is 1. The Morgan fingerprint density at radius 3 is 2.53 bits per heavy atom. The third kappa shape index (κ3) is 4.46. The number of piperidine rings is 1. The lowest BCUT2D eigenvalue weighted by Gasteiger charge is -2.34. The Morgan fingerprint density at radius 1 is 1.21 bits per heavy atom. The van der Waals surface area contributed by atoms with E-state index in [0.29, 0.717) is 24.5 Å². The van der Waals surface area contributed by atoms with E-state index in [1.54, 1.807) is 0 Å². The molecule has 0 aromatic rings. The van der Waals surface area contributed by atoms with Crippen molar-refractivity contribution < 1.29 is 4.79 Å². The maximum absolute atomic E-state index is 12.1. The molecule has 0 aromatic carbocycles. The molecular formula is C15H29N3O. The molecule has 4 heteroatoms. The van der Waals surface area contributed by atoms with Gasteiger partial charge in [0.15, 0.2) is 0 Å². The van der Waals surface area contributed by atoms with Crippen LogP contribution in [0.1, 0.15) is 46.0 Å². The van der Waals surface area contributed by atoms with Gasteiger partial charge in [-0.1, -0.05) is 13.8 Å². The van der Waals surface area contributed by atoms with Gasteiger partial charge in [-0.15, -0.1) is 0 Å². The minimum Gasteiger partial charge on any atom is -0.352 e. The molecule has 110 valence electrons. The first-order valence-electron chi connectivity index (χ1n) is 7.82. The molecule has 19 heavy (non-hydrogen) atoms. The van der Waals surface area contributed by atoms with E-state index in [1.807, 2.05) is 0 Å². The van der Waals surface area contributed by atoms with Crippen LogP contribution in [-0.2, 0) is 4.79 Å². The average molecular weight is 267 g/mol. The third-order valence-corrected chi connectivity index (χ3v) is 4.78. The molecule has 1 saturated carbocycles. The van der Waals surface area contributed by atoms with Gasteiger partial charge in [0.1, 0.15) is 0 Å². The number of carbonyl (C=O) groups is 1. The predicted molar refractivity (Wildman–Crippen MR) is 77.8 cm³/mol. The summed E-state index contributed by atoms with van der Waals surface area (Å²) in [6, 6.07) is 0.718. The molecule has 1 heterocycles. The molecule has 0 aromatic heterocycles. The Balaban J connectivity index is 1.72. The highest BCUT2D eigenvalue weighted by atomic mass is 16.2. The Kier molecular flexibility index (Phi) is 5.22. The van der Waals surface area contributed by atoms with Crippen molar-refractivity contribution in [3.63, 3.8) is 0 Å². The van der Waals surface area contributed by atoms with Crippen molar-refractivity contribution in [1.82, 2.24) is 10.2 Å². The van der Waals surface area contributed by atoms with Crippen LogP contribution in [0, 0.1) is 11.8 Å². The molecule has 2 rings (SSSR count). The SMILES string of the molecule is CC1CCC(NC(=O)CN2CCC(N)CC2)C(C)C1. The van der Waals surface area contributed by atoms with Crippen molar-refractivity contribution in [2.24, 2.45) is 17.6 Å². The number of hydrogen-bond acceptors (Lipinski definition) is 3. The highest BCUT2D eigenvalue weighted by molar-refractivity contribution is 5.78. The highest BCUT2D eigenvalue weighted by Gasteiger charge is 2.27. The summed E-state index contributed by atoms with van der Waals surface area (Å²) in [7, 11) is 0. The van der Waals surface area contributed by atoms with Crippen LogP contribution >= 0.6 is 0 Å². The second-order valence-electron chi connectivity index (χ2n) is 6.68. The predicted octanol–water partition coefficient (Wildman–Crippen LogP) is 1.35. The summed E-state index contributed by atoms with van der Waals surface area (Å²) in [4.78, 5) is 14.3. The van der Waals surface area contributed by atoms with Crippen molar-refractivity contribution in [2.75, 3.05) is 19.6 Å². The average Bonchev–Trinajstić information content (AvgIpc) is 2.36. The maximum Gasteiger partial charge on any atom is 0.234 e. The summed E-state index contributed by atoms with van der Waals surface area (Å²) in [6.45, 7) is 7.05. The topological polar surface area (TPSA) is 58.4 Å². The van der Waals surface area contributed by atoms with Crippen LogP contribution in [0.15, 0.2) is 0 Å². The summed E-state index contributed by atoms with van der Waals surface area (Å²) in [5, 5.41) is 3.24. The number of carbonyl (C=O) groups excluding carboxylic acids is 1. The fraction of sp³-hybridized carbons (Fsp3) is 0.933.